The summed E-state index contributed by atoms with van der Waals surface area (Å²) in [7, 11) is 0. The van der Waals surface area contributed by atoms with Crippen LogP contribution in [0, 0.1) is 11.6 Å². The summed E-state index contributed by atoms with van der Waals surface area (Å²) in [6.07, 6.45) is -5.51. The van der Waals surface area contributed by atoms with Crippen molar-refractivity contribution >= 4 is 12.4 Å². The Morgan fingerprint density at radius 3 is 2.32 bits per heavy atom. The third kappa shape index (κ3) is 5.37. The molecule has 1 N–H and O–H groups in total. The molecule has 0 aromatic heterocycles. The fraction of sp³-hybridized carbons (Fsp3) is 0.571. The van der Waals surface area contributed by atoms with Gasteiger partial charge in [-0.15, -0.1) is 12.4 Å². The zero-order chi connectivity index (χ0) is 15.5. The molecule has 8 heteroatoms. The van der Waals surface area contributed by atoms with Crippen LogP contribution in [0.2, 0.25) is 0 Å². The Bertz CT molecular complexity index is 475. The van der Waals surface area contributed by atoms with Crippen molar-refractivity contribution in [3.8, 4) is 0 Å². The Hall–Kier alpha value is -0.920. The van der Waals surface area contributed by atoms with Crippen LogP contribution < -0.4 is 5.32 Å². The number of hydrogen-bond acceptors (Lipinski definition) is 2. The number of nitrogens with one attached hydrogen (secondary N) is 1. The second-order valence-corrected chi connectivity index (χ2v) is 5.12. The van der Waals surface area contributed by atoms with Crippen LogP contribution in [-0.4, -0.2) is 37.3 Å². The van der Waals surface area contributed by atoms with Crippen LogP contribution in [-0.2, 0) is 0 Å². The summed E-state index contributed by atoms with van der Waals surface area (Å²) in [5, 5.41) is 3.10. The standard InChI is InChI=1S/C14H17F5N2.ClH/c15-10-1-2-11(12(16)9-10)13(3-4-14(17,18)19)21-7-5-20-6-8-21;/h1-2,9,13,20H,3-8H2;1H/t13-;/m0./s1. The highest BCUT2D eigenvalue weighted by molar-refractivity contribution is 5.85. The Morgan fingerprint density at radius 2 is 1.77 bits per heavy atom. The molecule has 1 atom stereocenters. The molecule has 0 aliphatic carbocycles. The molecule has 1 saturated heterocycles. The lowest BCUT2D eigenvalue weighted by atomic mass is 9.98. The number of halogens is 6. The van der Waals surface area contributed by atoms with E-state index in [0.717, 1.165) is 12.1 Å². The van der Waals surface area contributed by atoms with Crippen molar-refractivity contribution < 1.29 is 22.0 Å². The van der Waals surface area contributed by atoms with Crippen molar-refractivity contribution in [2.45, 2.75) is 25.1 Å². The first-order chi connectivity index (χ1) is 9.87. The molecule has 2 nitrogen and oxygen atoms in total. The summed E-state index contributed by atoms with van der Waals surface area (Å²) in [5.41, 5.74) is 0.127. The first kappa shape index (κ1) is 19.1. The van der Waals surface area contributed by atoms with Gasteiger partial charge in [-0.1, -0.05) is 6.07 Å². The van der Waals surface area contributed by atoms with Gasteiger partial charge in [0.15, 0.2) is 0 Å². The molecule has 126 valence electrons. The van der Waals surface area contributed by atoms with Gasteiger partial charge in [-0.2, -0.15) is 13.2 Å². The third-order valence-electron chi connectivity index (χ3n) is 3.62. The molecule has 1 heterocycles. The van der Waals surface area contributed by atoms with E-state index in [-0.39, 0.29) is 24.4 Å². The lowest BCUT2D eigenvalue weighted by molar-refractivity contribution is -0.138. The number of nitrogens with zero attached hydrogens (tertiary/aromatic N) is 1. The van der Waals surface area contributed by atoms with E-state index in [1.165, 1.54) is 6.07 Å². The highest BCUT2D eigenvalue weighted by atomic mass is 35.5. The SMILES string of the molecule is Cl.Fc1ccc([C@H](CCC(F)(F)F)N2CCNCC2)c(F)c1. The molecule has 0 bridgehead atoms. The maximum Gasteiger partial charge on any atom is 0.389 e. The minimum atomic E-state index is -4.29. The summed E-state index contributed by atoms with van der Waals surface area (Å²) >= 11 is 0. The van der Waals surface area contributed by atoms with Crippen LogP contribution in [0.15, 0.2) is 18.2 Å². The van der Waals surface area contributed by atoms with Gasteiger partial charge in [0.1, 0.15) is 11.6 Å². The van der Waals surface area contributed by atoms with Gasteiger partial charge in [-0.05, 0) is 12.5 Å². The molecule has 0 spiro atoms. The topological polar surface area (TPSA) is 15.3 Å². The monoisotopic (exact) mass is 344 g/mol. The molecule has 0 radical (unpaired) electrons. The average Bonchev–Trinajstić information content (AvgIpc) is 2.41. The Labute approximate surface area is 132 Å². The van der Waals surface area contributed by atoms with Gasteiger partial charge in [0.2, 0.25) is 0 Å². The predicted octanol–water partition coefficient (Wildman–Crippen LogP) is 3.68. The van der Waals surface area contributed by atoms with E-state index >= 15 is 0 Å². The van der Waals surface area contributed by atoms with Gasteiger partial charge in [0.05, 0.1) is 0 Å². The van der Waals surface area contributed by atoms with Gasteiger partial charge in [0.25, 0.3) is 0 Å². The van der Waals surface area contributed by atoms with E-state index in [1.54, 1.807) is 0 Å². The van der Waals surface area contributed by atoms with E-state index in [0.29, 0.717) is 26.2 Å². The maximum absolute atomic E-state index is 13.9. The average molecular weight is 345 g/mol. The van der Waals surface area contributed by atoms with Gasteiger partial charge < -0.3 is 5.32 Å². The van der Waals surface area contributed by atoms with Crippen molar-refractivity contribution in [3.05, 3.63) is 35.4 Å². The molecule has 0 amide bonds. The summed E-state index contributed by atoms with van der Waals surface area (Å²) in [6, 6.07) is 2.36. The molecule has 1 aliphatic rings. The van der Waals surface area contributed by atoms with E-state index in [2.05, 4.69) is 5.32 Å². The van der Waals surface area contributed by atoms with Gasteiger partial charge >= 0.3 is 6.18 Å². The molecule has 2 rings (SSSR count). The number of piperazine rings is 1. The zero-order valence-electron chi connectivity index (χ0n) is 11.8. The number of alkyl halides is 3. The zero-order valence-corrected chi connectivity index (χ0v) is 12.6. The first-order valence-electron chi connectivity index (χ1n) is 6.83. The number of rotatable bonds is 4. The molecule has 1 aromatic carbocycles. The normalized spacial score (nSPS) is 17.9. The van der Waals surface area contributed by atoms with Crippen LogP contribution >= 0.6 is 12.4 Å². The van der Waals surface area contributed by atoms with E-state index in [1.807, 2.05) is 4.90 Å². The molecule has 1 aromatic rings. The van der Waals surface area contributed by atoms with Crippen LogP contribution in [0.3, 0.4) is 0 Å². The third-order valence-corrected chi connectivity index (χ3v) is 3.62. The van der Waals surface area contributed by atoms with Crippen molar-refractivity contribution in [2.24, 2.45) is 0 Å². The van der Waals surface area contributed by atoms with Gasteiger partial charge in [-0.25, -0.2) is 8.78 Å². The molecule has 0 saturated carbocycles. The van der Waals surface area contributed by atoms with Crippen LogP contribution in [0.4, 0.5) is 22.0 Å². The molecule has 1 aliphatic heterocycles. The fourth-order valence-electron chi connectivity index (χ4n) is 2.60. The minimum absolute atomic E-state index is 0. The number of hydrogen-bond donors (Lipinski definition) is 1. The van der Waals surface area contributed by atoms with Crippen LogP contribution in [0.1, 0.15) is 24.4 Å². The van der Waals surface area contributed by atoms with E-state index < -0.39 is 30.3 Å². The first-order valence-corrected chi connectivity index (χ1v) is 6.83. The fourth-order valence-corrected chi connectivity index (χ4v) is 2.60. The van der Waals surface area contributed by atoms with E-state index in [9.17, 15) is 22.0 Å². The van der Waals surface area contributed by atoms with Crippen LogP contribution in [0.25, 0.3) is 0 Å². The van der Waals surface area contributed by atoms with E-state index in [4.69, 9.17) is 0 Å². The lowest BCUT2D eigenvalue weighted by Crippen LogP contribution is -2.45. The summed E-state index contributed by atoms with van der Waals surface area (Å²) in [5.74, 6) is -1.52. The summed E-state index contributed by atoms with van der Waals surface area (Å²) < 4.78 is 64.3. The minimum Gasteiger partial charge on any atom is -0.314 e. The Morgan fingerprint density at radius 1 is 1.14 bits per heavy atom. The molecule has 22 heavy (non-hydrogen) atoms. The molecular weight excluding hydrogens is 327 g/mol. The predicted molar refractivity (Wildman–Crippen MR) is 76.1 cm³/mol. The molecular formula is C14H18ClF5N2. The van der Waals surface area contributed by atoms with Crippen molar-refractivity contribution in [1.82, 2.24) is 10.2 Å². The molecule has 1 fully saturated rings. The van der Waals surface area contributed by atoms with Gasteiger partial charge in [0, 0.05) is 50.3 Å². The van der Waals surface area contributed by atoms with Crippen molar-refractivity contribution in [3.63, 3.8) is 0 Å². The summed E-state index contributed by atoms with van der Waals surface area (Å²) in [4.78, 5) is 1.82. The Kier molecular flexibility index (Phi) is 7.02. The number of benzene rings is 1. The van der Waals surface area contributed by atoms with Crippen molar-refractivity contribution in [1.29, 1.82) is 0 Å². The Balaban J connectivity index is 0.00000242. The van der Waals surface area contributed by atoms with Gasteiger partial charge in [-0.3, -0.25) is 4.90 Å². The van der Waals surface area contributed by atoms with Crippen LogP contribution in [0.5, 0.6) is 0 Å². The quantitative estimate of drug-likeness (QED) is 0.838. The maximum atomic E-state index is 13.9. The smallest absolute Gasteiger partial charge is 0.314 e. The highest BCUT2D eigenvalue weighted by Gasteiger charge is 2.32. The van der Waals surface area contributed by atoms with Crippen molar-refractivity contribution in [2.75, 3.05) is 26.2 Å². The second-order valence-electron chi connectivity index (χ2n) is 5.12. The molecule has 0 unspecified atom stereocenters. The highest BCUT2D eigenvalue weighted by Crippen LogP contribution is 2.33. The second kappa shape index (κ2) is 8.08. The summed E-state index contributed by atoms with van der Waals surface area (Å²) in [6.45, 7) is 2.37. The largest absolute Gasteiger partial charge is 0.389 e. The lowest BCUT2D eigenvalue weighted by Gasteiger charge is -2.35.